The number of amides is 1. The summed E-state index contributed by atoms with van der Waals surface area (Å²) in [6.07, 6.45) is 5.00. The van der Waals surface area contributed by atoms with Crippen LogP contribution in [-0.2, 0) is 24.6 Å². The normalized spacial score (nSPS) is 13.3. The van der Waals surface area contributed by atoms with Crippen molar-refractivity contribution in [2.45, 2.75) is 26.7 Å². The lowest BCUT2D eigenvalue weighted by atomic mass is 10.1. The van der Waals surface area contributed by atoms with Gasteiger partial charge in [0.1, 0.15) is 30.5 Å². The van der Waals surface area contributed by atoms with Crippen LogP contribution in [0.4, 0.5) is 0 Å². The highest BCUT2D eigenvalue weighted by molar-refractivity contribution is 6.32. The second-order valence-electron chi connectivity index (χ2n) is 12.2. The third-order valence-electron chi connectivity index (χ3n) is 8.52. The lowest BCUT2D eigenvalue weighted by Crippen LogP contribution is -2.47. The maximum atomic E-state index is 13.0. The quantitative estimate of drug-likeness (QED) is 0.112. The fourth-order valence-corrected chi connectivity index (χ4v) is 6.12. The Balaban J connectivity index is 0.944. The average molecular weight is 725 g/mol. The number of carbonyl (C=O) groups excluding carboxylic acids is 1. The lowest BCUT2D eigenvalue weighted by Gasteiger charge is -2.34. The second kappa shape index (κ2) is 17.3. The zero-order valence-electron chi connectivity index (χ0n) is 28.6. The fraction of sp³-hybridized carbons (Fsp3) is 0.220. The average Bonchev–Trinajstić information content (AvgIpc) is 3.15. The van der Waals surface area contributed by atoms with Crippen LogP contribution in [0.5, 0.6) is 28.9 Å². The number of aryl methyl sites for hydroxylation is 1. The molecule has 0 spiro atoms. The standard InChI is InChI=1S/C41H39Cl2N3O5/c1-29-23-32(24-38(43)41(29)51-39-17-16-36(25-44-39)50-28-33-5-3-4-6-37(33)42)11-18-40(47)46-21-19-45(20-22-46)26-30-7-9-31(10-8-30)27-49-35-14-12-34(48-2)13-15-35/h3-18,23-25H,19-22,26-28H2,1-2H3. The van der Waals surface area contributed by atoms with E-state index in [0.29, 0.717) is 53.7 Å². The molecule has 51 heavy (non-hydrogen) atoms. The van der Waals surface area contributed by atoms with Crippen LogP contribution in [0, 0.1) is 6.92 Å². The maximum absolute atomic E-state index is 13.0. The molecular weight excluding hydrogens is 685 g/mol. The van der Waals surface area contributed by atoms with E-state index in [2.05, 4.69) is 34.1 Å². The van der Waals surface area contributed by atoms with Crippen LogP contribution in [0.15, 0.2) is 109 Å². The Morgan fingerprint density at radius 2 is 1.47 bits per heavy atom. The van der Waals surface area contributed by atoms with Crippen molar-refractivity contribution >= 4 is 35.2 Å². The van der Waals surface area contributed by atoms with Crippen LogP contribution in [-0.4, -0.2) is 54.0 Å². The molecule has 8 nitrogen and oxygen atoms in total. The molecule has 1 saturated heterocycles. The highest BCUT2D eigenvalue weighted by Crippen LogP contribution is 2.34. The Labute approximate surface area is 308 Å². The van der Waals surface area contributed by atoms with Gasteiger partial charge in [-0.2, -0.15) is 0 Å². The molecule has 6 rings (SSSR count). The predicted molar refractivity (Wildman–Crippen MR) is 201 cm³/mol. The smallest absolute Gasteiger partial charge is 0.246 e. The van der Waals surface area contributed by atoms with Crippen LogP contribution in [0.25, 0.3) is 6.08 Å². The van der Waals surface area contributed by atoms with E-state index in [1.807, 2.05) is 66.4 Å². The number of benzene rings is 4. The van der Waals surface area contributed by atoms with E-state index in [1.54, 1.807) is 43.7 Å². The summed E-state index contributed by atoms with van der Waals surface area (Å²) >= 11 is 12.8. The molecule has 1 aliphatic heterocycles. The third kappa shape index (κ3) is 10.0. The Hall–Kier alpha value is -5.02. The van der Waals surface area contributed by atoms with Crippen LogP contribution in [0.3, 0.4) is 0 Å². The molecule has 1 aromatic heterocycles. The molecule has 1 aliphatic rings. The van der Waals surface area contributed by atoms with Crippen molar-refractivity contribution in [1.29, 1.82) is 0 Å². The zero-order chi connectivity index (χ0) is 35.6. The maximum Gasteiger partial charge on any atom is 0.246 e. The summed E-state index contributed by atoms with van der Waals surface area (Å²) in [6.45, 7) is 6.52. The number of halogens is 2. The van der Waals surface area contributed by atoms with E-state index in [9.17, 15) is 4.79 Å². The van der Waals surface area contributed by atoms with E-state index < -0.39 is 0 Å². The van der Waals surface area contributed by atoms with Gasteiger partial charge in [0.2, 0.25) is 11.8 Å². The third-order valence-corrected chi connectivity index (χ3v) is 9.17. The van der Waals surface area contributed by atoms with Crippen LogP contribution in [0.1, 0.15) is 27.8 Å². The first-order valence-electron chi connectivity index (χ1n) is 16.7. The van der Waals surface area contributed by atoms with Gasteiger partial charge in [0.15, 0.2) is 5.75 Å². The predicted octanol–water partition coefficient (Wildman–Crippen LogP) is 9.01. The topological polar surface area (TPSA) is 73.4 Å². The summed E-state index contributed by atoms with van der Waals surface area (Å²) in [7, 11) is 1.65. The van der Waals surface area contributed by atoms with Crippen molar-refractivity contribution in [3.8, 4) is 28.9 Å². The first-order chi connectivity index (χ1) is 24.8. The molecule has 0 saturated carbocycles. The van der Waals surface area contributed by atoms with E-state index in [1.165, 1.54) is 5.56 Å². The largest absolute Gasteiger partial charge is 0.497 e. The molecule has 0 N–H and O–H groups in total. The van der Waals surface area contributed by atoms with Gasteiger partial charge >= 0.3 is 0 Å². The van der Waals surface area contributed by atoms with E-state index in [4.69, 9.17) is 42.1 Å². The van der Waals surface area contributed by atoms with Crippen molar-refractivity contribution in [1.82, 2.24) is 14.8 Å². The minimum absolute atomic E-state index is 0.0222. The summed E-state index contributed by atoms with van der Waals surface area (Å²) in [5.74, 6) is 3.07. The summed E-state index contributed by atoms with van der Waals surface area (Å²) in [6, 6.07) is 30.8. The Kier molecular flexibility index (Phi) is 12.1. The van der Waals surface area contributed by atoms with Gasteiger partial charge < -0.3 is 23.8 Å². The highest BCUT2D eigenvalue weighted by Gasteiger charge is 2.20. The second-order valence-corrected chi connectivity index (χ2v) is 13.0. The first kappa shape index (κ1) is 35.8. The number of piperazine rings is 1. The SMILES string of the molecule is COc1ccc(OCc2ccc(CN3CCN(C(=O)C=Cc4cc(C)c(Oc5ccc(OCc6ccccc6Cl)cn5)c(Cl)c4)CC3)cc2)cc1. The molecule has 2 heterocycles. The molecule has 4 aromatic carbocycles. The lowest BCUT2D eigenvalue weighted by molar-refractivity contribution is -0.127. The van der Waals surface area contributed by atoms with Crippen LogP contribution >= 0.6 is 23.2 Å². The minimum atomic E-state index is -0.0222. The molecular formula is C41H39Cl2N3O5. The number of carbonyl (C=O) groups is 1. The van der Waals surface area contributed by atoms with Crippen LogP contribution < -0.4 is 18.9 Å². The molecule has 262 valence electrons. The van der Waals surface area contributed by atoms with Crippen molar-refractivity contribution in [3.05, 3.63) is 147 Å². The van der Waals surface area contributed by atoms with Gasteiger partial charge in [0, 0.05) is 55.5 Å². The van der Waals surface area contributed by atoms with Crippen molar-refractivity contribution < 1.29 is 23.7 Å². The van der Waals surface area contributed by atoms with Crippen LogP contribution in [0.2, 0.25) is 10.0 Å². The Morgan fingerprint density at radius 3 is 2.16 bits per heavy atom. The van der Waals surface area contributed by atoms with E-state index in [-0.39, 0.29) is 5.91 Å². The van der Waals surface area contributed by atoms with Gasteiger partial charge in [0.25, 0.3) is 0 Å². The molecule has 10 heteroatoms. The molecule has 1 amide bonds. The number of ether oxygens (including phenoxy) is 4. The van der Waals surface area contributed by atoms with Gasteiger partial charge in [-0.3, -0.25) is 9.69 Å². The number of aromatic nitrogens is 1. The van der Waals surface area contributed by atoms with Crippen molar-refractivity contribution in [2.75, 3.05) is 33.3 Å². The Morgan fingerprint density at radius 1 is 0.784 bits per heavy atom. The number of methoxy groups -OCH3 is 1. The summed E-state index contributed by atoms with van der Waals surface area (Å²) in [4.78, 5) is 21.7. The van der Waals surface area contributed by atoms with Crippen molar-refractivity contribution in [3.63, 3.8) is 0 Å². The van der Waals surface area contributed by atoms with Crippen molar-refractivity contribution in [2.24, 2.45) is 0 Å². The highest BCUT2D eigenvalue weighted by atomic mass is 35.5. The summed E-state index contributed by atoms with van der Waals surface area (Å²) < 4.78 is 22.9. The number of pyridine rings is 1. The molecule has 1 fully saturated rings. The van der Waals surface area contributed by atoms with Gasteiger partial charge in [-0.15, -0.1) is 0 Å². The molecule has 0 atom stereocenters. The number of hydrogen-bond donors (Lipinski definition) is 0. The fourth-order valence-electron chi connectivity index (χ4n) is 5.61. The van der Waals surface area contributed by atoms with Gasteiger partial charge in [-0.05, 0) is 83.8 Å². The molecule has 0 radical (unpaired) electrons. The number of nitrogens with zero attached hydrogens (tertiary/aromatic N) is 3. The molecule has 0 bridgehead atoms. The minimum Gasteiger partial charge on any atom is -0.497 e. The summed E-state index contributed by atoms with van der Waals surface area (Å²) in [5, 5.41) is 1.08. The molecule has 0 aliphatic carbocycles. The van der Waals surface area contributed by atoms with Gasteiger partial charge in [-0.1, -0.05) is 65.7 Å². The summed E-state index contributed by atoms with van der Waals surface area (Å²) in [5.41, 5.74) is 4.86. The Bertz CT molecular complexity index is 1920. The first-order valence-corrected chi connectivity index (χ1v) is 17.4. The van der Waals surface area contributed by atoms with E-state index in [0.717, 1.165) is 53.4 Å². The zero-order valence-corrected chi connectivity index (χ0v) is 30.1. The monoisotopic (exact) mass is 723 g/mol. The van der Waals surface area contributed by atoms with Gasteiger partial charge in [-0.25, -0.2) is 4.98 Å². The number of rotatable bonds is 13. The van der Waals surface area contributed by atoms with Gasteiger partial charge in [0.05, 0.1) is 18.3 Å². The molecule has 5 aromatic rings. The molecule has 0 unspecified atom stereocenters. The number of hydrogen-bond acceptors (Lipinski definition) is 7. The van der Waals surface area contributed by atoms with E-state index >= 15 is 0 Å².